The highest BCUT2D eigenvalue weighted by Crippen LogP contribution is 2.31. The molecule has 0 bridgehead atoms. The molecule has 1 saturated heterocycles. The third-order valence-corrected chi connectivity index (χ3v) is 4.35. The average molecular weight is 357 g/mol. The first kappa shape index (κ1) is 20.9. The van der Waals surface area contributed by atoms with Gasteiger partial charge in [0, 0.05) is 6.54 Å². The van der Waals surface area contributed by atoms with Crippen LogP contribution in [-0.2, 0) is 23.9 Å². The second-order valence-corrected chi connectivity index (χ2v) is 6.39. The maximum atomic E-state index is 12.1. The van der Waals surface area contributed by atoms with Crippen molar-refractivity contribution < 1.29 is 29.0 Å². The van der Waals surface area contributed by atoms with Crippen LogP contribution in [0.15, 0.2) is 0 Å². The topological polar surface area (TPSA) is 148 Å². The quantitative estimate of drug-likeness (QED) is 0.301. The SMILES string of the molecule is CC[C@H](C)[C@@H]1C(=O)O[C@H]1C(=O)NCCC[C@H](NC(=O)[C@H](C)N)C(=O)O. The van der Waals surface area contributed by atoms with E-state index < -0.39 is 36.0 Å². The third-order valence-electron chi connectivity index (χ3n) is 4.35. The Bertz CT molecular complexity index is 522. The fraction of sp³-hybridized carbons (Fsp3) is 0.750. The Kier molecular flexibility index (Phi) is 7.82. The van der Waals surface area contributed by atoms with Crippen molar-refractivity contribution in [1.29, 1.82) is 0 Å². The van der Waals surface area contributed by atoms with Crippen LogP contribution in [0, 0.1) is 11.8 Å². The highest BCUT2D eigenvalue weighted by molar-refractivity contribution is 5.94. The number of nitrogens with two attached hydrogens (primary N) is 1. The number of aliphatic carboxylic acids is 1. The van der Waals surface area contributed by atoms with E-state index in [2.05, 4.69) is 10.6 Å². The van der Waals surface area contributed by atoms with Crippen molar-refractivity contribution >= 4 is 23.8 Å². The first-order chi connectivity index (χ1) is 11.7. The van der Waals surface area contributed by atoms with Crippen molar-refractivity contribution in [1.82, 2.24) is 10.6 Å². The largest absolute Gasteiger partial charge is 0.480 e. The molecule has 0 aromatic heterocycles. The number of carboxylic acid groups (broad SMARTS) is 1. The summed E-state index contributed by atoms with van der Waals surface area (Å²) >= 11 is 0. The minimum Gasteiger partial charge on any atom is -0.480 e. The van der Waals surface area contributed by atoms with Crippen LogP contribution in [-0.4, -0.2) is 53.6 Å². The number of carboxylic acids is 1. The standard InChI is InChI=1S/C16H27N3O6/c1-4-8(2)11-12(25-16(11)24)14(21)18-7-5-6-10(15(22)23)19-13(20)9(3)17/h8-12H,4-7,17H2,1-3H3,(H,18,21)(H,19,20)(H,22,23)/t8-,9-,10-,11-,12+/m0/s1. The van der Waals surface area contributed by atoms with Crippen molar-refractivity contribution in [2.75, 3.05) is 6.54 Å². The van der Waals surface area contributed by atoms with Crippen molar-refractivity contribution in [3.63, 3.8) is 0 Å². The van der Waals surface area contributed by atoms with Gasteiger partial charge in [-0.15, -0.1) is 0 Å². The molecule has 0 saturated carbocycles. The van der Waals surface area contributed by atoms with Gasteiger partial charge < -0.3 is 26.2 Å². The van der Waals surface area contributed by atoms with E-state index >= 15 is 0 Å². The summed E-state index contributed by atoms with van der Waals surface area (Å²) in [6.07, 6.45) is 0.475. The normalized spacial score (nSPS) is 22.8. The maximum absolute atomic E-state index is 12.1. The smallest absolute Gasteiger partial charge is 0.326 e. The van der Waals surface area contributed by atoms with Crippen LogP contribution in [0.1, 0.15) is 40.0 Å². The number of rotatable bonds is 10. The number of ether oxygens (including phenoxy) is 1. The monoisotopic (exact) mass is 357 g/mol. The molecule has 142 valence electrons. The molecule has 25 heavy (non-hydrogen) atoms. The van der Waals surface area contributed by atoms with E-state index in [0.29, 0.717) is 6.42 Å². The Morgan fingerprint density at radius 3 is 2.44 bits per heavy atom. The van der Waals surface area contributed by atoms with E-state index in [-0.39, 0.29) is 30.8 Å². The Balaban J connectivity index is 2.38. The fourth-order valence-electron chi connectivity index (χ4n) is 2.51. The van der Waals surface area contributed by atoms with Crippen LogP contribution in [0.25, 0.3) is 0 Å². The lowest BCUT2D eigenvalue weighted by molar-refractivity contribution is -0.193. The summed E-state index contributed by atoms with van der Waals surface area (Å²) in [4.78, 5) is 46.1. The van der Waals surface area contributed by atoms with Crippen LogP contribution >= 0.6 is 0 Å². The van der Waals surface area contributed by atoms with Gasteiger partial charge in [0.2, 0.25) is 5.91 Å². The predicted octanol–water partition coefficient (Wildman–Crippen LogP) is -0.613. The molecule has 0 spiro atoms. The summed E-state index contributed by atoms with van der Waals surface area (Å²) in [7, 11) is 0. The molecule has 5 N–H and O–H groups in total. The Labute approximate surface area is 146 Å². The molecule has 5 atom stereocenters. The van der Waals surface area contributed by atoms with Crippen LogP contribution in [0.4, 0.5) is 0 Å². The van der Waals surface area contributed by atoms with Gasteiger partial charge in [0.15, 0.2) is 6.10 Å². The summed E-state index contributed by atoms with van der Waals surface area (Å²) in [5.74, 6) is -2.82. The van der Waals surface area contributed by atoms with E-state index in [1.165, 1.54) is 6.92 Å². The van der Waals surface area contributed by atoms with Gasteiger partial charge in [-0.05, 0) is 25.7 Å². The second kappa shape index (κ2) is 9.36. The molecular weight excluding hydrogens is 330 g/mol. The number of hydrogen-bond acceptors (Lipinski definition) is 6. The zero-order valence-electron chi connectivity index (χ0n) is 14.8. The minimum absolute atomic E-state index is 0.0573. The van der Waals surface area contributed by atoms with Crippen LogP contribution in [0.5, 0.6) is 0 Å². The van der Waals surface area contributed by atoms with Gasteiger partial charge >= 0.3 is 11.9 Å². The maximum Gasteiger partial charge on any atom is 0.326 e. The fourth-order valence-corrected chi connectivity index (χ4v) is 2.51. The van der Waals surface area contributed by atoms with Gasteiger partial charge in [-0.2, -0.15) is 0 Å². The highest BCUT2D eigenvalue weighted by atomic mass is 16.6. The Morgan fingerprint density at radius 2 is 1.96 bits per heavy atom. The molecule has 9 heteroatoms. The van der Waals surface area contributed by atoms with Crippen LogP contribution in [0.2, 0.25) is 0 Å². The van der Waals surface area contributed by atoms with E-state index in [1.54, 1.807) is 0 Å². The lowest BCUT2D eigenvalue weighted by Gasteiger charge is -2.37. The van der Waals surface area contributed by atoms with Crippen molar-refractivity contribution in [3.8, 4) is 0 Å². The van der Waals surface area contributed by atoms with E-state index in [1.807, 2.05) is 13.8 Å². The van der Waals surface area contributed by atoms with Crippen molar-refractivity contribution in [3.05, 3.63) is 0 Å². The minimum atomic E-state index is -1.16. The Morgan fingerprint density at radius 1 is 1.32 bits per heavy atom. The molecule has 1 heterocycles. The molecule has 0 aromatic carbocycles. The van der Waals surface area contributed by atoms with Gasteiger partial charge in [-0.3, -0.25) is 14.4 Å². The Hall–Kier alpha value is -2.16. The molecule has 1 rings (SSSR count). The number of carbonyl (C=O) groups excluding carboxylic acids is 3. The zero-order chi connectivity index (χ0) is 19.1. The number of nitrogens with one attached hydrogen (secondary N) is 2. The molecule has 9 nitrogen and oxygen atoms in total. The van der Waals surface area contributed by atoms with Crippen molar-refractivity contribution in [2.45, 2.75) is 58.2 Å². The molecule has 1 fully saturated rings. The molecule has 0 unspecified atom stereocenters. The second-order valence-electron chi connectivity index (χ2n) is 6.39. The first-order valence-corrected chi connectivity index (χ1v) is 8.46. The summed E-state index contributed by atoms with van der Waals surface area (Å²) in [5.41, 5.74) is 5.39. The average Bonchev–Trinajstić information content (AvgIpc) is 2.54. The summed E-state index contributed by atoms with van der Waals surface area (Å²) < 4.78 is 4.92. The number of cyclic esters (lactones) is 1. The van der Waals surface area contributed by atoms with E-state index in [0.717, 1.165) is 6.42 Å². The molecule has 1 aliphatic rings. The predicted molar refractivity (Wildman–Crippen MR) is 88.3 cm³/mol. The van der Waals surface area contributed by atoms with E-state index in [9.17, 15) is 19.2 Å². The number of esters is 1. The third kappa shape index (κ3) is 5.70. The number of hydrogen-bond donors (Lipinski definition) is 4. The summed E-state index contributed by atoms with van der Waals surface area (Å²) in [5, 5.41) is 14.1. The zero-order valence-corrected chi connectivity index (χ0v) is 14.8. The van der Waals surface area contributed by atoms with Crippen LogP contribution < -0.4 is 16.4 Å². The van der Waals surface area contributed by atoms with Gasteiger partial charge in [0.1, 0.15) is 12.0 Å². The lowest BCUT2D eigenvalue weighted by Crippen LogP contribution is -2.56. The van der Waals surface area contributed by atoms with Crippen molar-refractivity contribution in [2.24, 2.45) is 17.6 Å². The van der Waals surface area contributed by atoms with Gasteiger partial charge in [0.25, 0.3) is 5.91 Å². The number of carbonyl (C=O) groups is 4. The number of amides is 2. The summed E-state index contributed by atoms with van der Waals surface area (Å²) in [6.45, 7) is 5.51. The molecule has 0 radical (unpaired) electrons. The molecule has 2 amide bonds. The highest BCUT2D eigenvalue weighted by Gasteiger charge is 2.49. The lowest BCUT2D eigenvalue weighted by atomic mass is 9.83. The van der Waals surface area contributed by atoms with E-state index in [4.69, 9.17) is 15.6 Å². The van der Waals surface area contributed by atoms with Gasteiger partial charge in [0.05, 0.1) is 6.04 Å². The molecule has 0 aromatic rings. The molecular formula is C16H27N3O6. The summed E-state index contributed by atoms with van der Waals surface area (Å²) in [6, 6.07) is -1.86. The van der Waals surface area contributed by atoms with Gasteiger partial charge in [-0.1, -0.05) is 20.3 Å². The van der Waals surface area contributed by atoms with Gasteiger partial charge in [-0.25, -0.2) is 4.79 Å². The molecule has 1 aliphatic heterocycles. The van der Waals surface area contributed by atoms with Crippen LogP contribution in [0.3, 0.4) is 0 Å². The first-order valence-electron chi connectivity index (χ1n) is 8.46. The molecule has 0 aliphatic carbocycles.